The second-order valence-corrected chi connectivity index (χ2v) is 4.79. The lowest BCUT2D eigenvalue weighted by Crippen LogP contribution is -2.43. The molecule has 1 aromatic rings. The standard InChI is InChI=1S/C13H15FN2O4/c1-7-2-3-8(4-10(7)14)15-13(20)16-6-9(17)5-11(16)12(18)19/h2-4,9,11,17H,5-6H2,1H3,(H,15,20)(H,18,19). The zero-order valence-electron chi connectivity index (χ0n) is 10.8. The molecule has 1 aliphatic rings. The zero-order chi connectivity index (χ0) is 14.9. The highest BCUT2D eigenvalue weighted by atomic mass is 19.1. The van der Waals surface area contributed by atoms with Crippen LogP contribution in [0.25, 0.3) is 0 Å². The number of carboxylic acid groups (broad SMARTS) is 1. The van der Waals surface area contributed by atoms with Crippen LogP contribution in [0.3, 0.4) is 0 Å². The van der Waals surface area contributed by atoms with Gasteiger partial charge in [0.25, 0.3) is 0 Å². The third-order valence-corrected chi connectivity index (χ3v) is 3.25. The molecule has 1 fully saturated rings. The fourth-order valence-electron chi connectivity index (χ4n) is 2.14. The summed E-state index contributed by atoms with van der Waals surface area (Å²) >= 11 is 0. The van der Waals surface area contributed by atoms with Gasteiger partial charge >= 0.3 is 12.0 Å². The number of aliphatic hydroxyl groups is 1. The Morgan fingerprint density at radius 3 is 2.75 bits per heavy atom. The number of urea groups is 1. The molecule has 1 aliphatic heterocycles. The second-order valence-electron chi connectivity index (χ2n) is 4.79. The van der Waals surface area contributed by atoms with E-state index in [1.807, 2.05) is 0 Å². The molecule has 1 heterocycles. The Labute approximate surface area is 114 Å². The van der Waals surface area contributed by atoms with E-state index >= 15 is 0 Å². The number of benzene rings is 1. The highest BCUT2D eigenvalue weighted by Crippen LogP contribution is 2.20. The zero-order valence-corrected chi connectivity index (χ0v) is 10.8. The van der Waals surface area contributed by atoms with Gasteiger partial charge in [0, 0.05) is 18.7 Å². The van der Waals surface area contributed by atoms with Crippen LogP contribution in [-0.2, 0) is 4.79 Å². The van der Waals surface area contributed by atoms with Crippen molar-refractivity contribution in [1.29, 1.82) is 0 Å². The van der Waals surface area contributed by atoms with Gasteiger partial charge in [0.1, 0.15) is 11.9 Å². The van der Waals surface area contributed by atoms with E-state index in [0.717, 1.165) is 11.0 Å². The van der Waals surface area contributed by atoms with Crippen LogP contribution in [0.5, 0.6) is 0 Å². The first-order chi connectivity index (χ1) is 9.38. The Kier molecular flexibility index (Phi) is 3.89. The molecular weight excluding hydrogens is 267 g/mol. The number of β-amino-alcohol motifs (C(OH)–C–C–N with tert-alkyl or cyclic N) is 1. The van der Waals surface area contributed by atoms with Gasteiger partial charge in [-0.05, 0) is 24.6 Å². The average Bonchev–Trinajstić information content (AvgIpc) is 2.76. The van der Waals surface area contributed by atoms with Crippen molar-refractivity contribution in [3.05, 3.63) is 29.6 Å². The summed E-state index contributed by atoms with van der Waals surface area (Å²) in [5.41, 5.74) is 0.687. The number of carbonyl (C=O) groups excluding carboxylic acids is 1. The number of anilines is 1. The number of carbonyl (C=O) groups is 2. The highest BCUT2D eigenvalue weighted by molar-refractivity contribution is 5.92. The summed E-state index contributed by atoms with van der Waals surface area (Å²) in [4.78, 5) is 24.0. The number of aliphatic hydroxyl groups excluding tert-OH is 1. The lowest BCUT2D eigenvalue weighted by atomic mass is 10.2. The number of nitrogens with zero attached hydrogens (tertiary/aromatic N) is 1. The number of hydrogen-bond donors (Lipinski definition) is 3. The normalized spacial score (nSPS) is 21.9. The molecule has 2 amide bonds. The van der Waals surface area contributed by atoms with Gasteiger partial charge < -0.3 is 20.4 Å². The molecule has 2 unspecified atom stereocenters. The molecule has 7 heteroatoms. The molecule has 108 valence electrons. The Morgan fingerprint density at radius 1 is 1.45 bits per heavy atom. The average molecular weight is 282 g/mol. The van der Waals surface area contributed by atoms with Crippen LogP contribution < -0.4 is 5.32 Å². The summed E-state index contributed by atoms with van der Waals surface area (Å²) in [5, 5.41) is 20.9. The number of aryl methyl sites for hydroxylation is 1. The van der Waals surface area contributed by atoms with Gasteiger partial charge in [-0.15, -0.1) is 0 Å². The smallest absolute Gasteiger partial charge is 0.326 e. The van der Waals surface area contributed by atoms with Crippen LogP contribution in [0.15, 0.2) is 18.2 Å². The second kappa shape index (κ2) is 5.46. The number of hydrogen-bond acceptors (Lipinski definition) is 3. The van der Waals surface area contributed by atoms with Gasteiger partial charge in [0.05, 0.1) is 6.10 Å². The lowest BCUT2D eigenvalue weighted by Gasteiger charge is -2.21. The SMILES string of the molecule is Cc1ccc(NC(=O)N2CC(O)CC2C(=O)O)cc1F. The molecule has 0 bridgehead atoms. The third-order valence-electron chi connectivity index (χ3n) is 3.25. The van der Waals surface area contributed by atoms with E-state index in [9.17, 15) is 19.1 Å². The molecule has 0 saturated carbocycles. The monoisotopic (exact) mass is 282 g/mol. The Morgan fingerprint density at radius 2 is 2.15 bits per heavy atom. The van der Waals surface area contributed by atoms with E-state index in [4.69, 9.17) is 5.11 Å². The molecule has 1 saturated heterocycles. The summed E-state index contributed by atoms with van der Waals surface area (Å²) in [6.07, 6.45) is -0.873. The minimum absolute atomic E-state index is 0.00892. The third kappa shape index (κ3) is 2.88. The Bertz CT molecular complexity index is 549. The maximum atomic E-state index is 13.4. The molecule has 0 aromatic heterocycles. The Hall–Kier alpha value is -2.15. The fraction of sp³-hybridized carbons (Fsp3) is 0.385. The molecule has 2 atom stereocenters. The minimum atomic E-state index is -1.17. The molecule has 0 aliphatic carbocycles. The molecule has 20 heavy (non-hydrogen) atoms. The quantitative estimate of drug-likeness (QED) is 0.760. The van der Waals surface area contributed by atoms with Gasteiger partial charge in [-0.3, -0.25) is 0 Å². The summed E-state index contributed by atoms with van der Waals surface area (Å²) in [5.74, 6) is -1.63. The summed E-state index contributed by atoms with van der Waals surface area (Å²) in [7, 11) is 0. The van der Waals surface area contributed by atoms with Gasteiger partial charge in [-0.2, -0.15) is 0 Å². The van der Waals surface area contributed by atoms with Crippen molar-refractivity contribution >= 4 is 17.7 Å². The maximum absolute atomic E-state index is 13.4. The first kappa shape index (κ1) is 14.3. The van der Waals surface area contributed by atoms with Crippen molar-refractivity contribution < 1.29 is 24.2 Å². The predicted molar refractivity (Wildman–Crippen MR) is 68.9 cm³/mol. The van der Waals surface area contributed by atoms with Crippen molar-refractivity contribution in [1.82, 2.24) is 4.90 Å². The number of aliphatic carboxylic acids is 1. The van der Waals surface area contributed by atoms with Crippen molar-refractivity contribution in [3.63, 3.8) is 0 Å². The van der Waals surface area contributed by atoms with Gasteiger partial charge in [-0.25, -0.2) is 14.0 Å². The maximum Gasteiger partial charge on any atom is 0.326 e. The largest absolute Gasteiger partial charge is 0.480 e. The molecule has 3 N–H and O–H groups in total. The van der Waals surface area contributed by atoms with Gasteiger partial charge in [-0.1, -0.05) is 6.07 Å². The van der Waals surface area contributed by atoms with E-state index in [0.29, 0.717) is 5.56 Å². The van der Waals surface area contributed by atoms with Crippen LogP contribution in [0.1, 0.15) is 12.0 Å². The van der Waals surface area contributed by atoms with Crippen LogP contribution in [0.4, 0.5) is 14.9 Å². The van der Waals surface area contributed by atoms with Crippen LogP contribution in [-0.4, -0.2) is 45.8 Å². The van der Waals surface area contributed by atoms with Crippen LogP contribution >= 0.6 is 0 Å². The lowest BCUT2D eigenvalue weighted by molar-refractivity contribution is -0.141. The van der Waals surface area contributed by atoms with E-state index in [-0.39, 0.29) is 18.7 Å². The molecular formula is C13H15FN2O4. The minimum Gasteiger partial charge on any atom is -0.480 e. The molecule has 2 rings (SSSR count). The highest BCUT2D eigenvalue weighted by Gasteiger charge is 2.39. The van der Waals surface area contributed by atoms with Crippen LogP contribution in [0.2, 0.25) is 0 Å². The number of rotatable bonds is 2. The van der Waals surface area contributed by atoms with Crippen molar-refractivity contribution in [2.45, 2.75) is 25.5 Å². The van der Waals surface area contributed by atoms with Crippen molar-refractivity contribution in [2.75, 3.05) is 11.9 Å². The van der Waals surface area contributed by atoms with E-state index in [2.05, 4.69) is 5.32 Å². The molecule has 1 aromatic carbocycles. The predicted octanol–water partition coefficient (Wildman–Crippen LogP) is 1.19. The first-order valence-corrected chi connectivity index (χ1v) is 6.13. The number of halogens is 1. The van der Waals surface area contributed by atoms with Gasteiger partial charge in [0.15, 0.2) is 0 Å². The summed E-state index contributed by atoms with van der Waals surface area (Å²) in [6.45, 7) is 1.54. The fourth-order valence-corrected chi connectivity index (χ4v) is 2.14. The first-order valence-electron chi connectivity index (χ1n) is 6.13. The number of amides is 2. The topological polar surface area (TPSA) is 89.9 Å². The summed E-state index contributed by atoms with van der Waals surface area (Å²) < 4.78 is 13.4. The van der Waals surface area contributed by atoms with E-state index in [1.54, 1.807) is 6.92 Å². The number of carboxylic acids is 1. The summed E-state index contributed by atoms with van der Waals surface area (Å²) in [6, 6.07) is 2.46. The number of nitrogens with one attached hydrogen (secondary N) is 1. The van der Waals surface area contributed by atoms with Gasteiger partial charge in [0.2, 0.25) is 0 Å². The molecule has 0 spiro atoms. The number of likely N-dealkylation sites (tertiary alicyclic amines) is 1. The van der Waals surface area contributed by atoms with E-state index < -0.39 is 30.0 Å². The van der Waals surface area contributed by atoms with E-state index in [1.165, 1.54) is 12.1 Å². The molecule has 6 nitrogen and oxygen atoms in total. The molecule has 0 radical (unpaired) electrons. The Balaban J connectivity index is 2.11. The van der Waals surface area contributed by atoms with Crippen molar-refractivity contribution in [2.24, 2.45) is 0 Å². The van der Waals surface area contributed by atoms with Crippen molar-refractivity contribution in [3.8, 4) is 0 Å². The van der Waals surface area contributed by atoms with Crippen LogP contribution in [0, 0.1) is 12.7 Å².